The predicted molar refractivity (Wildman–Crippen MR) is 394 cm³/mol. The number of nitrogens with one attached hydrogen (secondary N) is 2. The highest BCUT2D eigenvalue weighted by atomic mass is 16.8. The highest BCUT2D eigenvalue weighted by molar-refractivity contribution is 5.77. The van der Waals surface area contributed by atoms with Gasteiger partial charge in [0.15, 0.2) is 12.6 Å². The summed E-state index contributed by atoms with van der Waals surface area (Å²) in [5, 5.41) is 136. The summed E-state index contributed by atoms with van der Waals surface area (Å²) in [6, 6.07) is -2.53. The monoisotopic (exact) mass is 1460 g/mol. The van der Waals surface area contributed by atoms with Gasteiger partial charge in [-0.2, -0.15) is 0 Å². The average molecular weight is 1460 g/mol. The summed E-state index contributed by atoms with van der Waals surface area (Å²) in [6.45, 7) is 2.23. The second-order valence-corrected chi connectivity index (χ2v) is 29.6. The van der Waals surface area contributed by atoms with E-state index in [9.17, 15) is 75.7 Å². The summed E-state index contributed by atoms with van der Waals surface area (Å²) in [5.41, 5.74) is 0. The van der Waals surface area contributed by atoms with Crippen LogP contribution in [0.25, 0.3) is 0 Å². The Hall–Kier alpha value is -2.79. The molecule has 0 radical (unpaired) electrons. The van der Waals surface area contributed by atoms with Gasteiger partial charge in [-0.25, -0.2) is 4.79 Å². The lowest BCUT2D eigenvalue weighted by Gasteiger charge is -2.50. The SMILES string of the molecule is CCCCCCCCCCCCC/C=C\C/C=C\CCCCCCCCCCCCCCCCCCCC(=O)NC(COC1OC(CO)C(OC2OC(CO)C(O)C(OC3(C(=O)O)CC(O)C(NC(C)=O)C(C(O)C(O)CO)O3)C2O)C(O)C1O)C(O)CCCCCCCCCCCCCCC. The van der Waals surface area contributed by atoms with Gasteiger partial charge in [0.1, 0.15) is 67.1 Å². The van der Waals surface area contributed by atoms with Crippen molar-refractivity contribution in [1.82, 2.24) is 10.6 Å². The van der Waals surface area contributed by atoms with E-state index in [1.807, 2.05) is 0 Å². The normalized spacial score (nSPS) is 26.7. The molecule has 23 nitrogen and oxygen atoms in total. The molecule has 0 bridgehead atoms. The van der Waals surface area contributed by atoms with Gasteiger partial charge in [0.2, 0.25) is 11.8 Å². The molecule has 0 aromatic rings. The third kappa shape index (κ3) is 38.3. The smallest absolute Gasteiger partial charge is 0.364 e. The summed E-state index contributed by atoms with van der Waals surface area (Å²) in [4.78, 5) is 38.7. The van der Waals surface area contributed by atoms with Crippen LogP contribution in [0.15, 0.2) is 24.3 Å². The van der Waals surface area contributed by atoms with Gasteiger partial charge >= 0.3 is 5.97 Å². The molecule has 0 aliphatic carbocycles. The van der Waals surface area contributed by atoms with Crippen molar-refractivity contribution in [3.63, 3.8) is 0 Å². The number of aliphatic carboxylic acids is 1. The molecule has 14 N–H and O–H groups in total. The largest absolute Gasteiger partial charge is 0.477 e. The number of carboxylic acids is 1. The van der Waals surface area contributed by atoms with Crippen LogP contribution in [0.2, 0.25) is 0 Å². The number of aliphatic hydroxyl groups is 11. The van der Waals surface area contributed by atoms with Gasteiger partial charge < -0.3 is 100 Å². The van der Waals surface area contributed by atoms with Crippen molar-refractivity contribution in [2.45, 2.75) is 432 Å². The molecule has 18 atom stereocenters. The molecule has 3 aliphatic heterocycles. The molecule has 3 rings (SSSR count). The molecule has 0 aromatic carbocycles. The van der Waals surface area contributed by atoms with E-state index in [0.29, 0.717) is 19.3 Å². The molecule has 102 heavy (non-hydrogen) atoms. The van der Waals surface area contributed by atoms with Gasteiger partial charge in [0.25, 0.3) is 5.79 Å². The van der Waals surface area contributed by atoms with Crippen molar-refractivity contribution < 1.29 is 104 Å². The Morgan fingerprint density at radius 3 is 1.37 bits per heavy atom. The van der Waals surface area contributed by atoms with Crippen molar-refractivity contribution in [3.8, 4) is 0 Å². The number of allylic oxidation sites excluding steroid dienone is 4. The lowest BCUT2D eigenvalue weighted by atomic mass is 9.88. The highest BCUT2D eigenvalue weighted by Crippen LogP contribution is 2.39. The Balaban J connectivity index is 1.43. The topological polar surface area (TPSA) is 373 Å². The molecule has 23 heteroatoms. The van der Waals surface area contributed by atoms with Crippen molar-refractivity contribution in [3.05, 3.63) is 24.3 Å². The Morgan fingerprint density at radius 1 is 0.510 bits per heavy atom. The Bertz CT molecular complexity index is 2130. The Morgan fingerprint density at radius 2 is 0.941 bits per heavy atom. The number of hydrogen-bond acceptors (Lipinski definition) is 20. The van der Waals surface area contributed by atoms with Crippen molar-refractivity contribution in [1.29, 1.82) is 0 Å². The van der Waals surface area contributed by atoms with E-state index in [0.717, 1.165) is 64.7 Å². The van der Waals surface area contributed by atoms with Crippen LogP contribution in [0.5, 0.6) is 0 Å². The lowest BCUT2D eigenvalue weighted by Crippen LogP contribution is -2.70. The number of aliphatic hydroxyl groups excluding tert-OH is 11. The fourth-order valence-corrected chi connectivity index (χ4v) is 14.2. The molecule has 3 saturated heterocycles. The first-order valence-electron chi connectivity index (χ1n) is 40.7. The van der Waals surface area contributed by atoms with Crippen LogP contribution in [-0.4, -0.2) is 215 Å². The summed E-state index contributed by atoms with van der Waals surface area (Å²) in [5.74, 6) is -6.10. The first-order valence-corrected chi connectivity index (χ1v) is 40.7. The minimum atomic E-state index is -3.08. The number of rotatable bonds is 64. The molecule has 3 aliphatic rings. The first-order chi connectivity index (χ1) is 49.4. The average Bonchev–Trinajstić information content (AvgIpc) is 0.758. The van der Waals surface area contributed by atoms with Gasteiger partial charge in [0.05, 0.1) is 50.7 Å². The van der Waals surface area contributed by atoms with Crippen molar-refractivity contribution in [2.75, 3.05) is 26.4 Å². The van der Waals surface area contributed by atoms with E-state index in [-0.39, 0.29) is 18.9 Å². The molecule has 0 spiro atoms. The number of hydrogen-bond donors (Lipinski definition) is 14. The summed E-state index contributed by atoms with van der Waals surface area (Å²) < 4.78 is 34.9. The number of carbonyl (C=O) groups is 3. The van der Waals surface area contributed by atoms with Gasteiger partial charge in [-0.3, -0.25) is 9.59 Å². The molecular formula is C79H146N2O21. The number of carbonyl (C=O) groups excluding carboxylic acids is 2. The number of carboxylic acid groups (broad SMARTS) is 1. The summed E-state index contributed by atoms with van der Waals surface area (Å²) >= 11 is 0. The number of unbranched alkanes of at least 4 members (excludes halogenated alkanes) is 40. The molecule has 18 unspecified atom stereocenters. The molecule has 598 valence electrons. The molecule has 0 saturated carbocycles. The van der Waals surface area contributed by atoms with Gasteiger partial charge in [0, 0.05) is 19.8 Å². The van der Waals surface area contributed by atoms with Crippen LogP contribution in [0.1, 0.15) is 323 Å². The zero-order valence-corrected chi connectivity index (χ0v) is 63.2. The number of ether oxygens (including phenoxy) is 6. The fraction of sp³-hybridized carbons (Fsp3) is 0.911. The van der Waals surface area contributed by atoms with E-state index in [4.69, 9.17) is 28.4 Å². The second kappa shape index (κ2) is 58.3. The van der Waals surface area contributed by atoms with E-state index in [2.05, 4.69) is 48.8 Å². The van der Waals surface area contributed by atoms with Gasteiger partial charge in [-0.15, -0.1) is 0 Å². The summed E-state index contributed by atoms with van der Waals surface area (Å²) in [7, 11) is 0. The zero-order valence-electron chi connectivity index (χ0n) is 63.2. The van der Waals surface area contributed by atoms with Crippen molar-refractivity contribution >= 4 is 17.8 Å². The Kier molecular flexibility index (Phi) is 53.4. The van der Waals surface area contributed by atoms with Crippen LogP contribution in [0, 0.1) is 0 Å². The molecular weight excluding hydrogens is 1310 g/mol. The molecule has 3 heterocycles. The lowest BCUT2D eigenvalue weighted by molar-refractivity contribution is -0.386. The van der Waals surface area contributed by atoms with Crippen LogP contribution in [0.4, 0.5) is 0 Å². The maximum absolute atomic E-state index is 13.5. The molecule has 2 amide bonds. The summed E-state index contributed by atoms with van der Waals surface area (Å²) in [6.07, 6.45) is 34.9. The highest BCUT2D eigenvalue weighted by Gasteiger charge is 2.60. The van der Waals surface area contributed by atoms with Crippen LogP contribution in [0.3, 0.4) is 0 Å². The third-order valence-corrected chi connectivity index (χ3v) is 20.7. The van der Waals surface area contributed by atoms with E-state index in [1.165, 1.54) is 212 Å². The minimum absolute atomic E-state index is 0.225. The number of amides is 2. The zero-order chi connectivity index (χ0) is 74.6. The quantitative estimate of drug-likeness (QED) is 0.0199. The van der Waals surface area contributed by atoms with Crippen LogP contribution < -0.4 is 10.6 Å². The van der Waals surface area contributed by atoms with E-state index in [1.54, 1.807) is 0 Å². The maximum Gasteiger partial charge on any atom is 0.364 e. The maximum atomic E-state index is 13.5. The molecule has 0 aromatic heterocycles. The van der Waals surface area contributed by atoms with E-state index >= 15 is 0 Å². The molecule has 3 fully saturated rings. The second-order valence-electron chi connectivity index (χ2n) is 29.6. The van der Waals surface area contributed by atoms with Crippen LogP contribution in [-0.2, 0) is 42.8 Å². The first kappa shape index (κ1) is 93.4. The van der Waals surface area contributed by atoms with E-state index < -0.39 is 148 Å². The van der Waals surface area contributed by atoms with Gasteiger partial charge in [-0.05, 0) is 44.9 Å². The third-order valence-electron chi connectivity index (χ3n) is 20.7. The predicted octanol–water partition coefficient (Wildman–Crippen LogP) is 10.7. The van der Waals surface area contributed by atoms with Crippen LogP contribution >= 0.6 is 0 Å². The fourth-order valence-electron chi connectivity index (χ4n) is 14.2. The van der Waals surface area contributed by atoms with Gasteiger partial charge in [-0.1, -0.05) is 282 Å². The minimum Gasteiger partial charge on any atom is -0.477 e. The standard InChI is InChI=1S/C79H146N2O21/c1-4-6-8-10-12-14-16-18-19-20-21-22-23-24-25-26-27-28-29-30-31-32-33-34-35-36-37-38-39-41-43-45-47-49-51-53-66(89)81-60(61(86)52-50-48-46-44-42-40-17-15-13-11-9-7-5-2)58-97-76-71(93)70(92)73(65(57-84)99-76)100-77-72(94)75(69(91)64(56-83)98-77)102-79(78(95)96)54-62(87)67(80-59(3)85)74(101-79)68(90)63(88)55-82/h23-24,26-27,60-65,67-77,82-84,86-88,90-94H,4-22,25,28-58H2,1-3H3,(H,80,85)(H,81,89)(H,95,96)/b24-23-,27-26-. The Labute approximate surface area is 613 Å². The van der Waals surface area contributed by atoms with Crippen molar-refractivity contribution in [2.24, 2.45) is 0 Å².